The van der Waals surface area contributed by atoms with Crippen LogP contribution in [0.1, 0.15) is 58.3 Å². The van der Waals surface area contributed by atoms with E-state index in [1.165, 1.54) is 19.2 Å². The first-order chi connectivity index (χ1) is 22.6. The van der Waals surface area contributed by atoms with Crippen molar-refractivity contribution >= 4 is 23.5 Å². The summed E-state index contributed by atoms with van der Waals surface area (Å²) in [6.45, 7) is 1.61. The van der Waals surface area contributed by atoms with Crippen molar-refractivity contribution in [3.63, 3.8) is 0 Å². The lowest BCUT2D eigenvalue weighted by Crippen LogP contribution is -2.44. The Morgan fingerprint density at radius 3 is 2.13 bits per heavy atom. The predicted molar refractivity (Wildman–Crippen MR) is 174 cm³/mol. The maximum atomic E-state index is 13.3. The summed E-state index contributed by atoms with van der Waals surface area (Å²) in [5, 5.41) is 5.80. The highest BCUT2D eigenvalue weighted by molar-refractivity contribution is 6.08. The molecule has 0 aromatic heterocycles. The summed E-state index contributed by atoms with van der Waals surface area (Å²) >= 11 is 0. The second-order valence-corrected chi connectivity index (χ2v) is 11.4. The normalized spacial score (nSPS) is 14.6. The molecule has 1 aliphatic rings. The number of likely N-dealkylation sites (tertiary alicyclic amines) is 1. The molecule has 1 unspecified atom stereocenters. The van der Waals surface area contributed by atoms with Crippen molar-refractivity contribution in [3.05, 3.63) is 125 Å². The molecule has 244 valence electrons. The lowest BCUT2D eigenvalue weighted by atomic mass is 9.88. The Balaban J connectivity index is 1.21. The Labute approximate surface area is 271 Å². The molecule has 0 saturated carbocycles. The van der Waals surface area contributed by atoms with Crippen LogP contribution < -0.4 is 10.6 Å². The van der Waals surface area contributed by atoms with Crippen LogP contribution in [0, 0.1) is 0 Å². The maximum Gasteiger partial charge on any atom is 0.416 e. The first-order valence-electron chi connectivity index (χ1n) is 15.5. The van der Waals surface area contributed by atoms with Crippen LogP contribution in [-0.4, -0.2) is 49.4 Å². The van der Waals surface area contributed by atoms with Gasteiger partial charge >= 0.3 is 12.1 Å². The number of carbonyl (C=O) groups excluding carboxylic acids is 3. The summed E-state index contributed by atoms with van der Waals surface area (Å²) in [4.78, 5) is 40.2. The number of benzene rings is 4. The highest BCUT2D eigenvalue weighted by atomic mass is 19.4. The third-order valence-corrected chi connectivity index (χ3v) is 8.45. The highest BCUT2D eigenvalue weighted by Gasteiger charge is 2.32. The van der Waals surface area contributed by atoms with Gasteiger partial charge in [-0.25, -0.2) is 0 Å². The maximum absolute atomic E-state index is 13.3. The number of halogens is 3. The molecular weight excluding hydrogens is 607 g/mol. The Bertz CT molecular complexity index is 1670. The van der Waals surface area contributed by atoms with E-state index in [1.807, 2.05) is 54.6 Å². The van der Waals surface area contributed by atoms with Crippen LogP contribution >= 0.6 is 0 Å². The monoisotopic (exact) mass is 643 g/mol. The zero-order valence-corrected chi connectivity index (χ0v) is 25.9. The quantitative estimate of drug-likeness (QED) is 0.178. The fourth-order valence-electron chi connectivity index (χ4n) is 5.95. The molecule has 1 fully saturated rings. The number of anilines is 1. The van der Waals surface area contributed by atoms with Gasteiger partial charge in [0.05, 0.1) is 19.1 Å². The number of amides is 2. The second kappa shape index (κ2) is 15.1. The molecule has 2 N–H and O–H groups in total. The van der Waals surface area contributed by atoms with Gasteiger partial charge in [-0.15, -0.1) is 0 Å². The van der Waals surface area contributed by atoms with Crippen LogP contribution in [0.25, 0.3) is 11.1 Å². The minimum atomic E-state index is -4.44. The molecule has 1 saturated heterocycles. The number of nitrogens with one attached hydrogen (secondary N) is 2. The van der Waals surface area contributed by atoms with E-state index < -0.39 is 17.8 Å². The number of methoxy groups -OCH3 is 1. The van der Waals surface area contributed by atoms with E-state index in [4.69, 9.17) is 0 Å². The zero-order chi connectivity index (χ0) is 33.4. The van der Waals surface area contributed by atoms with Crippen LogP contribution in [0.4, 0.5) is 18.9 Å². The second-order valence-electron chi connectivity index (χ2n) is 11.4. The van der Waals surface area contributed by atoms with E-state index in [-0.39, 0.29) is 36.7 Å². The van der Waals surface area contributed by atoms with Gasteiger partial charge in [0.15, 0.2) is 0 Å². The molecule has 5 rings (SSSR count). The Kier molecular flexibility index (Phi) is 10.7. The van der Waals surface area contributed by atoms with E-state index in [9.17, 15) is 27.6 Å². The number of esters is 1. The molecule has 1 aliphatic heterocycles. The summed E-state index contributed by atoms with van der Waals surface area (Å²) in [5.41, 5.74) is 3.28. The molecule has 0 aliphatic carbocycles. The highest BCUT2D eigenvalue weighted by Crippen LogP contribution is 2.34. The van der Waals surface area contributed by atoms with Gasteiger partial charge in [-0.1, -0.05) is 72.8 Å². The molecule has 1 heterocycles. The Morgan fingerprint density at radius 2 is 1.49 bits per heavy atom. The number of nitrogens with zero attached hydrogens (tertiary/aromatic N) is 1. The van der Waals surface area contributed by atoms with Gasteiger partial charge in [-0.2, -0.15) is 13.2 Å². The standard InChI is InChI=1S/C37H36F3N3O4/c1-47-33(44)19-22-41-36(46)34(28-7-3-2-4-8-28)43-23-20-26(21-24-43)25-13-17-30(18-14-25)42-35(45)32-10-6-5-9-31(32)27-11-15-29(16-12-27)37(38,39)40/h2-18,26,34H,19-24H2,1H3,(H,41,46)(H,42,45). The summed E-state index contributed by atoms with van der Waals surface area (Å²) in [7, 11) is 1.32. The van der Waals surface area contributed by atoms with E-state index in [1.54, 1.807) is 24.3 Å². The van der Waals surface area contributed by atoms with Gasteiger partial charge in [0, 0.05) is 17.8 Å². The number of hydrogen-bond donors (Lipinski definition) is 2. The largest absolute Gasteiger partial charge is 0.469 e. The average molecular weight is 644 g/mol. The SMILES string of the molecule is COC(=O)CCNC(=O)C(c1ccccc1)N1CCC(c2ccc(NC(=O)c3ccccc3-c3ccc(C(F)(F)F)cc3)cc2)CC1. The van der Waals surface area contributed by atoms with Crippen LogP contribution in [0.15, 0.2) is 103 Å². The zero-order valence-electron chi connectivity index (χ0n) is 25.9. The molecule has 4 aromatic carbocycles. The number of alkyl halides is 3. The minimum absolute atomic E-state index is 0.105. The summed E-state index contributed by atoms with van der Waals surface area (Å²) in [6, 6.07) is 28.4. The minimum Gasteiger partial charge on any atom is -0.469 e. The number of carbonyl (C=O) groups is 3. The molecule has 0 bridgehead atoms. The summed E-state index contributed by atoms with van der Waals surface area (Å²) in [5.74, 6) is -0.622. The van der Waals surface area contributed by atoms with Crippen molar-refractivity contribution < 1.29 is 32.3 Å². The molecular formula is C37H36F3N3O4. The lowest BCUT2D eigenvalue weighted by Gasteiger charge is -2.37. The molecule has 10 heteroatoms. The summed E-state index contributed by atoms with van der Waals surface area (Å²) in [6.07, 6.45) is -2.66. The molecule has 4 aromatic rings. The van der Waals surface area contributed by atoms with Crippen LogP contribution in [-0.2, 0) is 20.5 Å². The van der Waals surface area contributed by atoms with Gasteiger partial charge in [-0.3, -0.25) is 19.3 Å². The van der Waals surface area contributed by atoms with Crippen LogP contribution in [0.2, 0.25) is 0 Å². The molecule has 0 spiro atoms. The van der Waals surface area contributed by atoms with Gasteiger partial charge in [0.1, 0.15) is 6.04 Å². The number of piperidine rings is 1. The fraction of sp³-hybridized carbons (Fsp3) is 0.270. The van der Waals surface area contributed by atoms with Gasteiger partial charge in [0.25, 0.3) is 5.91 Å². The molecule has 0 radical (unpaired) electrons. The average Bonchev–Trinajstić information content (AvgIpc) is 3.09. The summed E-state index contributed by atoms with van der Waals surface area (Å²) < 4.78 is 43.8. The lowest BCUT2D eigenvalue weighted by molar-refractivity contribution is -0.140. The van der Waals surface area contributed by atoms with Crippen molar-refractivity contribution in [3.8, 4) is 11.1 Å². The van der Waals surface area contributed by atoms with Crippen molar-refractivity contribution in [1.82, 2.24) is 10.2 Å². The first-order valence-corrected chi connectivity index (χ1v) is 15.5. The molecule has 47 heavy (non-hydrogen) atoms. The molecule has 1 atom stereocenters. The van der Waals surface area contributed by atoms with Crippen molar-refractivity contribution in [2.75, 3.05) is 32.1 Å². The van der Waals surface area contributed by atoms with Gasteiger partial charge in [0.2, 0.25) is 5.91 Å². The van der Waals surface area contributed by atoms with Crippen molar-refractivity contribution in [1.29, 1.82) is 0 Å². The number of hydrogen-bond acceptors (Lipinski definition) is 5. The Hall–Kier alpha value is -4.96. The van der Waals surface area contributed by atoms with Gasteiger partial charge < -0.3 is 15.4 Å². The smallest absolute Gasteiger partial charge is 0.416 e. The topological polar surface area (TPSA) is 87.7 Å². The molecule has 2 amide bonds. The van der Waals surface area contributed by atoms with Gasteiger partial charge in [-0.05, 0) is 84.4 Å². The number of rotatable bonds is 10. The number of ether oxygens (including phenoxy) is 1. The van der Waals surface area contributed by atoms with Crippen LogP contribution in [0.5, 0.6) is 0 Å². The first kappa shape index (κ1) is 33.4. The van der Waals surface area contributed by atoms with Crippen molar-refractivity contribution in [2.24, 2.45) is 0 Å². The van der Waals surface area contributed by atoms with Crippen LogP contribution in [0.3, 0.4) is 0 Å². The van der Waals surface area contributed by atoms with E-state index >= 15 is 0 Å². The van der Waals surface area contributed by atoms with E-state index in [2.05, 4.69) is 20.3 Å². The molecule has 7 nitrogen and oxygen atoms in total. The predicted octanol–water partition coefficient (Wildman–Crippen LogP) is 7.22. The third-order valence-electron chi connectivity index (χ3n) is 8.45. The van der Waals surface area contributed by atoms with E-state index in [0.29, 0.717) is 35.5 Å². The van der Waals surface area contributed by atoms with Crippen molar-refractivity contribution in [2.45, 2.75) is 37.4 Å². The van der Waals surface area contributed by atoms with E-state index in [0.717, 1.165) is 36.1 Å². The fourth-order valence-corrected chi connectivity index (χ4v) is 5.95. The third kappa shape index (κ3) is 8.45. The Morgan fingerprint density at radius 1 is 0.851 bits per heavy atom.